The van der Waals surface area contributed by atoms with E-state index in [2.05, 4.69) is 16.8 Å². The van der Waals surface area contributed by atoms with Gasteiger partial charge in [0.15, 0.2) is 0 Å². The van der Waals surface area contributed by atoms with Crippen molar-refractivity contribution < 1.29 is 14.6 Å². The summed E-state index contributed by atoms with van der Waals surface area (Å²) in [5, 5.41) is 9.30. The Balaban J connectivity index is 2.40. The van der Waals surface area contributed by atoms with Crippen molar-refractivity contribution in [2.24, 2.45) is 0 Å². The molecule has 2 rings (SSSR count). The van der Waals surface area contributed by atoms with Crippen LogP contribution >= 0.6 is 0 Å². The molecule has 104 valence electrons. The minimum absolute atomic E-state index is 0.0713. The van der Waals surface area contributed by atoms with Crippen molar-refractivity contribution in [2.45, 2.75) is 32.4 Å². The molecule has 0 saturated carbocycles. The molecule has 6 heteroatoms. The second-order valence-electron chi connectivity index (χ2n) is 4.79. The molecule has 1 fully saturated rings. The third-order valence-corrected chi connectivity index (χ3v) is 3.38. The molecule has 2 unspecified atom stereocenters. The van der Waals surface area contributed by atoms with E-state index in [-0.39, 0.29) is 23.5 Å². The third kappa shape index (κ3) is 2.78. The van der Waals surface area contributed by atoms with E-state index in [4.69, 9.17) is 10.5 Å². The van der Waals surface area contributed by atoms with Crippen molar-refractivity contribution in [1.29, 1.82) is 0 Å². The van der Waals surface area contributed by atoms with Crippen LogP contribution in [-0.2, 0) is 4.74 Å². The van der Waals surface area contributed by atoms with Gasteiger partial charge in [-0.2, -0.15) is 0 Å². The lowest BCUT2D eigenvalue weighted by molar-refractivity contribution is 0.0297. The number of anilines is 2. The normalized spacial score (nSPS) is 23.4. The first-order valence-electron chi connectivity index (χ1n) is 6.40. The van der Waals surface area contributed by atoms with E-state index in [0.717, 1.165) is 6.42 Å². The highest BCUT2D eigenvalue weighted by Gasteiger charge is 2.28. The van der Waals surface area contributed by atoms with Gasteiger partial charge >= 0.3 is 5.97 Å². The molecule has 0 spiro atoms. The molecular formula is C13H19N3O3. The van der Waals surface area contributed by atoms with E-state index >= 15 is 0 Å². The Hall–Kier alpha value is -1.82. The molecule has 2 atom stereocenters. The molecule has 3 N–H and O–H groups in total. The number of morpholine rings is 1. The molecule has 0 aromatic carbocycles. The van der Waals surface area contributed by atoms with Gasteiger partial charge in [-0.1, -0.05) is 6.92 Å². The Labute approximate surface area is 112 Å². The van der Waals surface area contributed by atoms with Gasteiger partial charge in [-0.25, -0.2) is 9.78 Å². The summed E-state index contributed by atoms with van der Waals surface area (Å²) in [5.74, 6) is -0.770. The number of hydrogen-bond donors (Lipinski definition) is 2. The molecule has 19 heavy (non-hydrogen) atoms. The highest BCUT2D eigenvalue weighted by molar-refractivity contribution is 5.95. The van der Waals surface area contributed by atoms with Crippen LogP contribution in [0.15, 0.2) is 12.3 Å². The summed E-state index contributed by atoms with van der Waals surface area (Å²) in [7, 11) is 0. The van der Waals surface area contributed by atoms with E-state index in [1.807, 2.05) is 6.92 Å². The number of hydrogen-bond acceptors (Lipinski definition) is 5. The van der Waals surface area contributed by atoms with Crippen molar-refractivity contribution >= 4 is 17.5 Å². The molecule has 1 aliphatic rings. The van der Waals surface area contributed by atoms with E-state index in [9.17, 15) is 9.90 Å². The topological polar surface area (TPSA) is 88.7 Å². The maximum Gasteiger partial charge on any atom is 0.338 e. The largest absolute Gasteiger partial charge is 0.478 e. The summed E-state index contributed by atoms with van der Waals surface area (Å²) < 4.78 is 5.62. The molecule has 1 aliphatic heterocycles. The second-order valence-corrected chi connectivity index (χ2v) is 4.79. The number of nitrogen functional groups attached to an aromatic ring is 1. The zero-order chi connectivity index (χ0) is 14.0. The molecule has 0 radical (unpaired) electrons. The minimum Gasteiger partial charge on any atom is -0.478 e. The van der Waals surface area contributed by atoms with Gasteiger partial charge in [-0.05, 0) is 19.4 Å². The number of nitrogens with two attached hydrogens (primary N) is 1. The van der Waals surface area contributed by atoms with E-state index < -0.39 is 5.97 Å². The van der Waals surface area contributed by atoms with Gasteiger partial charge in [-0.3, -0.25) is 0 Å². The number of carboxylic acids is 1. The Morgan fingerprint density at radius 1 is 1.68 bits per heavy atom. The van der Waals surface area contributed by atoms with Crippen LogP contribution in [0.1, 0.15) is 30.6 Å². The molecule has 0 amide bonds. The number of aromatic carboxylic acids is 1. The van der Waals surface area contributed by atoms with Crippen LogP contribution in [0.2, 0.25) is 0 Å². The average molecular weight is 265 g/mol. The lowest BCUT2D eigenvalue weighted by Crippen LogP contribution is -2.49. The first kappa shape index (κ1) is 13.6. The van der Waals surface area contributed by atoms with Gasteiger partial charge in [0.2, 0.25) is 0 Å². The first-order chi connectivity index (χ1) is 9.02. The summed E-state index contributed by atoms with van der Waals surface area (Å²) >= 11 is 0. The number of aromatic nitrogens is 1. The summed E-state index contributed by atoms with van der Waals surface area (Å²) in [6, 6.07) is 1.57. The summed E-state index contributed by atoms with van der Waals surface area (Å²) in [5.41, 5.74) is 6.38. The van der Waals surface area contributed by atoms with Crippen LogP contribution in [0.3, 0.4) is 0 Å². The summed E-state index contributed by atoms with van der Waals surface area (Å²) in [6.07, 6.45) is 2.50. The number of ether oxygens (including phenoxy) is 1. The van der Waals surface area contributed by atoms with Gasteiger partial charge in [0.1, 0.15) is 5.82 Å². The van der Waals surface area contributed by atoms with E-state index in [0.29, 0.717) is 18.8 Å². The Morgan fingerprint density at radius 3 is 3.05 bits per heavy atom. The second kappa shape index (κ2) is 5.44. The highest BCUT2D eigenvalue weighted by Crippen LogP contribution is 2.27. The maximum atomic E-state index is 11.4. The predicted molar refractivity (Wildman–Crippen MR) is 72.4 cm³/mol. The Kier molecular flexibility index (Phi) is 3.90. The first-order valence-corrected chi connectivity index (χ1v) is 6.40. The fourth-order valence-electron chi connectivity index (χ4n) is 2.34. The van der Waals surface area contributed by atoms with Crippen molar-refractivity contribution in [3.05, 3.63) is 17.8 Å². The fraction of sp³-hybridized carbons (Fsp3) is 0.538. The molecule has 0 bridgehead atoms. The zero-order valence-corrected chi connectivity index (χ0v) is 11.2. The van der Waals surface area contributed by atoms with Crippen molar-refractivity contribution in [3.8, 4) is 0 Å². The predicted octanol–water partition coefficient (Wildman–Crippen LogP) is 1.37. The van der Waals surface area contributed by atoms with E-state index in [1.54, 1.807) is 6.20 Å². The molecule has 2 heterocycles. The standard InChI is InChI=1S/C13H19N3O3/c1-3-9-7-19-8(2)6-16(9)11-5-15-12(14)4-10(11)13(17)18/h4-5,8-9H,3,6-7H2,1-2H3,(H2,14,15)(H,17,18). The van der Waals surface area contributed by atoms with Crippen molar-refractivity contribution in [2.75, 3.05) is 23.8 Å². The number of pyridine rings is 1. The summed E-state index contributed by atoms with van der Waals surface area (Å²) in [6.45, 7) is 5.29. The smallest absolute Gasteiger partial charge is 0.338 e. The van der Waals surface area contributed by atoms with Gasteiger partial charge < -0.3 is 20.5 Å². The number of nitrogens with zero attached hydrogens (tertiary/aromatic N) is 2. The molecule has 0 aliphatic carbocycles. The Bertz CT molecular complexity index is 478. The molecule has 1 aromatic heterocycles. The van der Waals surface area contributed by atoms with Gasteiger partial charge in [-0.15, -0.1) is 0 Å². The van der Waals surface area contributed by atoms with Crippen molar-refractivity contribution in [3.63, 3.8) is 0 Å². The Morgan fingerprint density at radius 2 is 2.42 bits per heavy atom. The van der Waals surface area contributed by atoms with Crippen LogP contribution in [-0.4, -0.2) is 41.4 Å². The fourth-order valence-corrected chi connectivity index (χ4v) is 2.34. The lowest BCUT2D eigenvalue weighted by atomic mass is 10.1. The molecule has 6 nitrogen and oxygen atoms in total. The van der Waals surface area contributed by atoms with Crippen LogP contribution < -0.4 is 10.6 Å². The highest BCUT2D eigenvalue weighted by atomic mass is 16.5. The van der Waals surface area contributed by atoms with Gasteiger partial charge in [0.25, 0.3) is 0 Å². The number of rotatable bonds is 3. The summed E-state index contributed by atoms with van der Waals surface area (Å²) in [4.78, 5) is 17.4. The quantitative estimate of drug-likeness (QED) is 0.858. The maximum absolute atomic E-state index is 11.4. The van der Waals surface area contributed by atoms with Gasteiger partial charge in [0, 0.05) is 6.54 Å². The van der Waals surface area contributed by atoms with Crippen LogP contribution in [0.5, 0.6) is 0 Å². The van der Waals surface area contributed by atoms with E-state index in [1.165, 1.54) is 6.07 Å². The van der Waals surface area contributed by atoms with Gasteiger partial charge in [0.05, 0.1) is 36.2 Å². The molecular weight excluding hydrogens is 246 g/mol. The SMILES string of the molecule is CCC1COC(C)CN1c1cnc(N)cc1C(=O)O. The van der Waals surface area contributed by atoms with Crippen LogP contribution in [0, 0.1) is 0 Å². The van der Waals surface area contributed by atoms with Crippen LogP contribution in [0.4, 0.5) is 11.5 Å². The monoisotopic (exact) mass is 265 g/mol. The number of carboxylic acid groups (broad SMARTS) is 1. The van der Waals surface area contributed by atoms with Crippen LogP contribution in [0.25, 0.3) is 0 Å². The lowest BCUT2D eigenvalue weighted by Gasteiger charge is -2.40. The third-order valence-electron chi connectivity index (χ3n) is 3.38. The zero-order valence-electron chi connectivity index (χ0n) is 11.2. The minimum atomic E-state index is -0.988. The molecule has 1 saturated heterocycles. The number of carbonyl (C=O) groups is 1. The average Bonchev–Trinajstić information content (AvgIpc) is 2.38. The molecule has 1 aromatic rings. The van der Waals surface area contributed by atoms with Crippen molar-refractivity contribution in [1.82, 2.24) is 4.98 Å².